The molecule has 4 heteroatoms. The van der Waals surface area contributed by atoms with Gasteiger partial charge in [0.05, 0.1) is 5.02 Å². The van der Waals surface area contributed by atoms with Crippen molar-refractivity contribution in [2.24, 2.45) is 0 Å². The first-order valence-corrected chi connectivity index (χ1v) is 6.52. The Balaban J connectivity index is 3.01. The first-order chi connectivity index (χ1) is 7.63. The number of rotatable bonds is 5. The van der Waals surface area contributed by atoms with Gasteiger partial charge in [0.25, 0.3) is 0 Å². The summed E-state index contributed by atoms with van der Waals surface area (Å²) in [5.74, 6) is 1.38. The average Bonchev–Trinajstić information content (AvgIpc) is 2.31. The highest BCUT2D eigenvalue weighted by molar-refractivity contribution is 6.32. The summed E-state index contributed by atoms with van der Waals surface area (Å²) in [6.45, 7) is 7.43. The second-order valence-electron chi connectivity index (χ2n) is 3.81. The topological polar surface area (TPSA) is 16.1 Å². The van der Waals surface area contributed by atoms with Gasteiger partial charge in [-0.05, 0) is 31.9 Å². The second kappa shape index (κ2) is 6.31. The summed E-state index contributed by atoms with van der Waals surface area (Å²) < 4.78 is 0. The SMILES string of the molecule is CCC(C)N(CC)c1cc(CCl)c(Cl)cn1. The molecule has 0 aliphatic rings. The van der Waals surface area contributed by atoms with Gasteiger partial charge in [-0.3, -0.25) is 0 Å². The Labute approximate surface area is 108 Å². The molecule has 1 atom stereocenters. The number of aromatic nitrogens is 1. The van der Waals surface area contributed by atoms with Gasteiger partial charge in [-0.25, -0.2) is 4.98 Å². The molecule has 0 N–H and O–H groups in total. The van der Waals surface area contributed by atoms with Crippen LogP contribution in [-0.2, 0) is 5.88 Å². The van der Waals surface area contributed by atoms with Crippen LogP contribution in [0.4, 0.5) is 5.82 Å². The van der Waals surface area contributed by atoms with Gasteiger partial charge in [0.1, 0.15) is 5.82 Å². The van der Waals surface area contributed by atoms with E-state index >= 15 is 0 Å². The van der Waals surface area contributed by atoms with Crippen molar-refractivity contribution >= 4 is 29.0 Å². The summed E-state index contributed by atoms with van der Waals surface area (Å²) in [5.41, 5.74) is 0.940. The van der Waals surface area contributed by atoms with Crippen LogP contribution in [0.1, 0.15) is 32.8 Å². The lowest BCUT2D eigenvalue weighted by Gasteiger charge is -2.28. The maximum atomic E-state index is 5.99. The molecule has 0 saturated heterocycles. The van der Waals surface area contributed by atoms with Crippen molar-refractivity contribution in [1.29, 1.82) is 0 Å². The van der Waals surface area contributed by atoms with Gasteiger partial charge in [0, 0.05) is 24.7 Å². The third-order valence-corrected chi connectivity index (χ3v) is 3.45. The Morgan fingerprint density at radius 3 is 2.62 bits per heavy atom. The molecule has 1 rings (SSSR count). The zero-order valence-electron chi connectivity index (χ0n) is 10.0. The van der Waals surface area contributed by atoms with Crippen molar-refractivity contribution in [1.82, 2.24) is 4.98 Å². The molecular formula is C12H18Cl2N2. The van der Waals surface area contributed by atoms with Gasteiger partial charge in [-0.1, -0.05) is 18.5 Å². The molecule has 2 nitrogen and oxygen atoms in total. The van der Waals surface area contributed by atoms with Crippen molar-refractivity contribution < 1.29 is 0 Å². The first kappa shape index (κ1) is 13.6. The highest BCUT2D eigenvalue weighted by atomic mass is 35.5. The number of hydrogen-bond acceptors (Lipinski definition) is 2. The van der Waals surface area contributed by atoms with E-state index in [9.17, 15) is 0 Å². The molecule has 1 heterocycles. The zero-order chi connectivity index (χ0) is 12.1. The maximum absolute atomic E-state index is 5.99. The fourth-order valence-corrected chi connectivity index (χ4v) is 2.11. The van der Waals surface area contributed by atoms with E-state index in [-0.39, 0.29) is 0 Å². The van der Waals surface area contributed by atoms with Crippen LogP contribution in [0.25, 0.3) is 0 Å². The van der Waals surface area contributed by atoms with Crippen molar-refractivity contribution in [2.45, 2.75) is 39.1 Å². The molecule has 0 amide bonds. The minimum Gasteiger partial charge on any atom is -0.354 e. The number of nitrogens with zero attached hydrogens (tertiary/aromatic N) is 2. The molecular weight excluding hydrogens is 243 g/mol. The summed E-state index contributed by atoms with van der Waals surface area (Å²) in [5, 5.41) is 0.638. The minimum absolute atomic E-state index is 0.423. The molecule has 1 aromatic rings. The third-order valence-electron chi connectivity index (χ3n) is 2.82. The summed E-state index contributed by atoms with van der Waals surface area (Å²) in [7, 11) is 0. The molecule has 90 valence electrons. The maximum Gasteiger partial charge on any atom is 0.129 e. The number of hydrogen-bond donors (Lipinski definition) is 0. The fourth-order valence-electron chi connectivity index (χ4n) is 1.65. The Morgan fingerprint density at radius 1 is 1.44 bits per heavy atom. The Hall–Kier alpha value is -0.470. The quantitative estimate of drug-likeness (QED) is 0.742. The summed E-state index contributed by atoms with van der Waals surface area (Å²) in [6.07, 6.45) is 2.77. The zero-order valence-corrected chi connectivity index (χ0v) is 11.5. The summed E-state index contributed by atoms with van der Waals surface area (Å²) in [6, 6.07) is 2.45. The average molecular weight is 261 g/mol. The smallest absolute Gasteiger partial charge is 0.129 e. The van der Waals surface area contributed by atoms with Gasteiger partial charge in [0.15, 0.2) is 0 Å². The van der Waals surface area contributed by atoms with Gasteiger partial charge in [-0.2, -0.15) is 0 Å². The van der Waals surface area contributed by atoms with E-state index in [1.807, 2.05) is 6.07 Å². The molecule has 16 heavy (non-hydrogen) atoms. The predicted molar refractivity (Wildman–Crippen MR) is 71.6 cm³/mol. The molecule has 0 aliphatic heterocycles. The van der Waals surface area contributed by atoms with Crippen LogP contribution in [0.2, 0.25) is 5.02 Å². The summed E-state index contributed by atoms with van der Waals surface area (Å²) in [4.78, 5) is 6.62. The lowest BCUT2D eigenvalue weighted by Crippen LogP contribution is -2.33. The molecule has 0 aromatic carbocycles. The number of alkyl halides is 1. The van der Waals surface area contributed by atoms with Crippen molar-refractivity contribution in [2.75, 3.05) is 11.4 Å². The van der Waals surface area contributed by atoms with E-state index in [2.05, 4.69) is 30.7 Å². The molecule has 0 fully saturated rings. The standard InChI is InChI=1S/C12H18Cl2N2/c1-4-9(3)16(5-2)12-6-10(7-13)11(14)8-15-12/h6,8-9H,4-5,7H2,1-3H3. The van der Waals surface area contributed by atoms with Crippen LogP contribution in [0, 0.1) is 0 Å². The lowest BCUT2D eigenvalue weighted by atomic mass is 10.2. The van der Waals surface area contributed by atoms with Crippen LogP contribution >= 0.6 is 23.2 Å². The van der Waals surface area contributed by atoms with Gasteiger partial charge < -0.3 is 4.90 Å². The Kier molecular flexibility index (Phi) is 5.36. The monoisotopic (exact) mass is 260 g/mol. The first-order valence-electron chi connectivity index (χ1n) is 5.61. The van der Waals surface area contributed by atoms with Gasteiger partial charge in [0.2, 0.25) is 0 Å². The van der Waals surface area contributed by atoms with E-state index in [1.165, 1.54) is 0 Å². The third kappa shape index (κ3) is 3.02. The van der Waals surface area contributed by atoms with E-state index in [1.54, 1.807) is 6.20 Å². The molecule has 0 spiro atoms. The molecule has 1 aromatic heterocycles. The fraction of sp³-hybridized carbons (Fsp3) is 0.583. The van der Waals surface area contributed by atoms with Crippen molar-refractivity contribution in [3.8, 4) is 0 Å². The van der Waals surface area contributed by atoms with E-state index in [0.717, 1.165) is 24.3 Å². The predicted octanol–water partition coefficient (Wildman–Crippen LogP) is 4.10. The molecule has 0 saturated carbocycles. The molecule has 1 unspecified atom stereocenters. The van der Waals surface area contributed by atoms with Crippen LogP contribution in [0.3, 0.4) is 0 Å². The second-order valence-corrected chi connectivity index (χ2v) is 4.49. The Bertz CT molecular complexity index is 342. The minimum atomic E-state index is 0.423. The molecule has 0 radical (unpaired) electrons. The van der Waals surface area contributed by atoms with E-state index < -0.39 is 0 Å². The summed E-state index contributed by atoms with van der Waals surface area (Å²) >= 11 is 11.8. The van der Waals surface area contributed by atoms with E-state index in [4.69, 9.17) is 23.2 Å². The number of halogens is 2. The van der Waals surface area contributed by atoms with Crippen molar-refractivity contribution in [3.05, 3.63) is 22.8 Å². The number of anilines is 1. The highest BCUT2D eigenvalue weighted by Crippen LogP contribution is 2.23. The largest absolute Gasteiger partial charge is 0.354 e. The Morgan fingerprint density at radius 2 is 2.12 bits per heavy atom. The molecule has 0 bridgehead atoms. The normalized spacial score (nSPS) is 12.6. The van der Waals surface area contributed by atoms with Gasteiger partial charge in [-0.15, -0.1) is 11.6 Å². The van der Waals surface area contributed by atoms with Gasteiger partial charge >= 0.3 is 0 Å². The van der Waals surface area contributed by atoms with Crippen LogP contribution < -0.4 is 4.90 Å². The van der Waals surface area contributed by atoms with Crippen LogP contribution in [-0.4, -0.2) is 17.6 Å². The lowest BCUT2D eigenvalue weighted by molar-refractivity contribution is 0.623. The van der Waals surface area contributed by atoms with Crippen molar-refractivity contribution in [3.63, 3.8) is 0 Å². The number of pyridine rings is 1. The molecule has 0 aliphatic carbocycles. The van der Waals surface area contributed by atoms with Crippen LogP contribution in [0.15, 0.2) is 12.3 Å². The van der Waals surface area contributed by atoms with E-state index in [0.29, 0.717) is 16.9 Å². The van der Waals surface area contributed by atoms with Crippen LogP contribution in [0.5, 0.6) is 0 Å². The highest BCUT2D eigenvalue weighted by Gasteiger charge is 2.13.